The van der Waals surface area contributed by atoms with Gasteiger partial charge in [0.2, 0.25) is 0 Å². The van der Waals surface area contributed by atoms with E-state index in [9.17, 15) is 4.79 Å². The van der Waals surface area contributed by atoms with Gasteiger partial charge in [0.15, 0.2) is 0 Å². The van der Waals surface area contributed by atoms with Gasteiger partial charge in [-0.3, -0.25) is 9.78 Å². The van der Waals surface area contributed by atoms with Crippen molar-refractivity contribution in [2.75, 3.05) is 20.1 Å². The summed E-state index contributed by atoms with van der Waals surface area (Å²) in [7, 11) is 2.03. The highest BCUT2D eigenvalue weighted by atomic mass is 16.4. The van der Waals surface area contributed by atoms with Crippen LogP contribution in [0.2, 0.25) is 0 Å². The van der Waals surface area contributed by atoms with Crippen LogP contribution in [0.25, 0.3) is 0 Å². The molecular weight excluding hydrogens is 216 g/mol. The predicted octanol–water partition coefficient (Wildman–Crippen LogP) is 1.67. The molecule has 1 heterocycles. The Bertz CT molecular complexity index is 341. The molecular formula is C13H20N2O2. The number of nitrogens with zero attached hydrogens (tertiary/aromatic N) is 2. The summed E-state index contributed by atoms with van der Waals surface area (Å²) in [5.74, 6) is -0.532. The van der Waals surface area contributed by atoms with Gasteiger partial charge in [-0.1, -0.05) is 6.92 Å². The first-order chi connectivity index (χ1) is 8.08. The zero-order valence-corrected chi connectivity index (χ0v) is 10.5. The van der Waals surface area contributed by atoms with Crippen LogP contribution >= 0.6 is 0 Å². The Balaban J connectivity index is 2.25. The third-order valence-corrected chi connectivity index (χ3v) is 2.68. The molecule has 0 fully saturated rings. The molecule has 1 N–H and O–H groups in total. The van der Waals surface area contributed by atoms with Gasteiger partial charge in [0.1, 0.15) is 0 Å². The van der Waals surface area contributed by atoms with E-state index in [2.05, 4.69) is 9.88 Å². The Morgan fingerprint density at radius 1 is 1.47 bits per heavy atom. The van der Waals surface area contributed by atoms with E-state index in [4.69, 9.17) is 5.11 Å². The lowest BCUT2D eigenvalue weighted by Gasteiger charge is -2.20. The van der Waals surface area contributed by atoms with E-state index in [1.807, 2.05) is 26.1 Å². The van der Waals surface area contributed by atoms with E-state index in [1.54, 1.807) is 12.4 Å². The second-order valence-electron chi connectivity index (χ2n) is 4.57. The lowest BCUT2D eigenvalue weighted by Crippen LogP contribution is -2.27. The summed E-state index contributed by atoms with van der Waals surface area (Å²) in [6.07, 6.45) is 4.79. The monoisotopic (exact) mass is 236 g/mol. The number of aromatic nitrogens is 1. The van der Waals surface area contributed by atoms with Gasteiger partial charge in [-0.2, -0.15) is 0 Å². The minimum atomic E-state index is -0.722. The molecule has 1 rings (SSSR count). The zero-order valence-electron chi connectivity index (χ0n) is 10.5. The number of carbonyl (C=O) groups is 1. The minimum Gasteiger partial charge on any atom is -0.481 e. The van der Waals surface area contributed by atoms with Crippen LogP contribution in [-0.2, 0) is 11.2 Å². The van der Waals surface area contributed by atoms with Gasteiger partial charge in [-0.25, -0.2) is 0 Å². The molecule has 4 heteroatoms. The maximum absolute atomic E-state index is 10.5. The fourth-order valence-electron chi connectivity index (χ4n) is 1.86. The lowest BCUT2D eigenvalue weighted by atomic mass is 10.1. The van der Waals surface area contributed by atoms with Crippen LogP contribution in [0, 0.1) is 5.92 Å². The van der Waals surface area contributed by atoms with Gasteiger partial charge in [0.25, 0.3) is 0 Å². The second kappa shape index (κ2) is 7.01. The van der Waals surface area contributed by atoms with Crippen LogP contribution in [0.15, 0.2) is 24.5 Å². The van der Waals surface area contributed by atoms with E-state index >= 15 is 0 Å². The molecule has 0 saturated heterocycles. The molecule has 0 amide bonds. The number of pyridine rings is 1. The first kappa shape index (κ1) is 13.6. The number of aliphatic carboxylic acids is 1. The summed E-state index contributed by atoms with van der Waals surface area (Å²) in [5.41, 5.74) is 1.26. The van der Waals surface area contributed by atoms with Crippen LogP contribution < -0.4 is 0 Å². The Labute approximate surface area is 102 Å². The zero-order chi connectivity index (χ0) is 12.7. The molecule has 0 aliphatic heterocycles. The van der Waals surface area contributed by atoms with E-state index in [0.717, 1.165) is 19.5 Å². The summed E-state index contributed by atoms with van der Waals surface area (Å²) in [4.78, 5) is 16.7. The normalized spacial score (nSPS) is 12.6. The number of hydrogen-bond donors (Lipinski definition) is 1. The Morgan fingerprint density at radius 2 is 2.12 bits per heavy atom. The fraction of sp³-hybridized carbons (Fsp3) is 0.538. The number of rotatable bonds is 7. The molecule has 0 spiro atoms. The lowest BCUT2D eigenvalue weighted by molar-refractivity contribution is -0.138. The molecule has 1 aromatic rings. The molecule has 0 aliphatic carbocycles. The van der Waals surface area contributed by atoms with Gasteiger partial charge in [-0.15, -0.1) is 0 Å². The second-order valence-corrected chi connectivity index (χ2v) is 4.57. The number of carboxylic acid groups (broad SMARTS) is 1. The van der Waals surface area contributed by atoms with Crippen molar-refractivity contribution < 1.29 is 9.90 Å². The van der Waals surface area contributed by atoms with Crippen molar-refractivity contribution in [3.8, 4) is 0 Å². The third-order valence-electron chi connectivity index (χ3n) is 2.68. The topological polar surface area (TPSA) is 53.4 Å². The van der Waals surface area contributed by atoms with Crippen LogP contribution in [0.1, 0.15) is 18.9 Å². The van der Waals surface area contributed by atoms with Crippen molar-refractivity contribution in [1.29, 1.82) is 0 Å². The van der Waals surface area contributed by atoms with Gasteiger partial charge in [-0.05, 0) is 37.1 Å². The van der Waals surface area contributed by atoms with Crippen LogP contribution in [0.5, 0.6) is 0 Å². The predicted molar refractivity (Wildman–Crippen MR) is 66.9 cm³/mol. The molecule has 0 aromatic carbocycles. The molecule has 17 heavy (non-hydrogen) atoms. The van der Waals surface area contributed by atoms with Gasteiger partial charge < -0.3 is 10.0 Å². The highest BCUT2D eigenvalue weighted by Crippen LogP contribution is 2.05. The highest BCUT2D eigenvalue weighted by Gasteiger charge is 2.10. The maximum Gasteiger partial charge on any atom is 0.303 e. The van der Waals surface area contributed by atoms with Crippen molar-refractivity contribution in [3.05, 3.63) is 30.1 Å². The van der Waals surface area contributed by atoms with Gasteiger partial charge in [0, 0.05) is 31.9 Å². The Morgan fingerprint density at radius 3 is 2.71 bits per heavy atom. The fourth-order valence-corrected chi connectivity index (χ4v) is 1.86. The molecule has 0 radical (unpaired) electrons. The van der Waals surface area contributed by atoms with Crippen LogP contribution in [0.3, 0.4) is 0 Å². The van der Waals surface area contributed by atoms with Gasteiger partial charge in [0.05, 0.1) is 0 Å². The maximum atomic E-state index is 10.5. The van der Waals surface area contributed by atoms with E-state index in [1.165, 1.54) is 5.56 Å². The minimum absolute atomic E-state index is 0.190. The molecule has 1 aromatic heterocycles. The molecule has 0 saturated carbocycles. The first-order valence-electron chi connectivity index (χ1n) is 5.87. The molecule has 0 aliphatic rings. The van der Waals surface area contributed by atoms with Crippen molar-refractivity contribution in [2.45, 2.75) is 19.8 Å². The van der Waals surface area contributed by atoms with Crippen LogP contribution in [-0.4, -0.2) is 41.1 Å². The Kier molecular flexibility index (Phi) is 5.63. The first-order valence-corrected chi connectivity index (χ1v) is 5.87. The largest absolute Gasteiger partial charge is 0.481 e. The number of carboxylic acids is 1. The number of likely N-dealkylation sites (N-methyl/N-ethyl adjacent to an activating group) is 1. The van der Waals surface area contributed by atoms with Crippen molar-refractivity contribution in [1.82, 2.24) is 9.88 Å². The summed E-state index contributed by atoms with van der Waals surface area (Å²) in [6.45, 7) is 3.72. The number of hydrogen-bond acceptors (Lipinski definition) is 3. The SMILES string of the molecule is CC(CC(=O)O)CN(C)CCc1ccncc1. The van der Waals surface area contributed by atoms with E-state index in [0.29, 0.717) is 0 Å². The van der Waals surface area contributed by atoms with Gasteiger partial charge >= 0.3 is 5.97 Å². The average Bonchev–Trinajstić information content (AvgIpc) is 2.26. The molecule has 0 bridgehead atoms. The molecule has 1 atom stereocenters. The summed E-state index contributed by atoms with van der Waals surface area (Å²) >= 11 is 0. The van der Waals surface area contributed by atoms with Crippen molar-refractivity contribution >= 4 is 5.97 Å². The molecule has 94 valence electrons. The van der Waals surface area contributed by atoms with E-state index < -0.39 is 5.97 Å². The highest BCUT2D eigenvalue weighted by molar-refractivity contribution is 5.66. The summed E-state index contributed by atoms with van der Waals surface area (Å²) < 4.78 is 0. The van der Waals surface area contributed by atoms with Crippen molar-refractivity contribution in [2.24, 2.45) is 5.92 Å². The standard InChI is InChI=1S/C13H20N2O2/c1-11(9-13(16)17)10-15(2)8-5-12-3-6-14-7-4-12/h3-4,6-7,11H,5,8-10H2,1-2H3,(H,16,17). The third kappa shape index (κ3) is 6.02. The molecule has 1 unspecified atom stereocenters. The van der Waals surface area contributed by atoms with Crippen molar-refractivity contribution in [3.63, 3.8) is 0 Å². The van der Waals surface area contributed by atoms with Crippen LogP contribution in [0.4, 0.5) is 0 Å². The smallest absolute Gasteiger partial charge is 0.303 e. The van der Waals surface area contributed by atoms with E-state index in [-0.39, 0.29) is 12.3 Å². The quantitative estimate of drug-likeness (QED) is 0.782. The Hall–Kier alpha value is -1.42. The average molecular weight is 236 g/mol. The summed E-state index contributed by atoms with van der Waals surface area (Å²) in [5, 5.41) is 8.68. The molecule has 4 nitrogen and oxygen atoms in total. The summed E-state index contributed by atoms with van der Waals surface area (Å²) in [6, 6.07) is 4.02.